The summed E-state index contributed by atoms with van der Waals surface area (Å²) in [5, 5.41) is 9.51. The highest BCUT2D eigenvalue weighted by Crippen LogP contribution is 2.42. The van der Waals surface area contributed by atoms with Gasteiger partial charge in [-0.1, -0.05) is 127 Å². The Morgan fingerprint density at radius 2 is 1.02 bits per heavy atom. The second kappa shape index (κ2) is 11.7. The van der Waals surface area contributed by atoms with Gasteiger partial charge in [-0.25, -0.2) is 0 Å². The molecule has 2 nitrogen and oxygen atoms in total. The average Bonchev–Trinajstić information content (AvgIpc) is 3.35. The lowest BCUT2D eigenvalue weighted by molar-refractivity contribution is 0.477. The standard InChI is InChI=1S/C43H38N2Si/c1-43-30-28-33(29-31-43)41-32-40(26-27-42(41)44-43)46(37-18-10-4-11-19-37,38-20-12-5-13-21-38)39-24-22-36(23-25-39)45(34-14-6-2-7-15-34)35-16-8-3-9-17-35/h2-28,32,44H,29-31H2,1H3/t43-/m1/s1. The lowest BCUT2D eigenvalue weighted by Gasteiger charge is -2.35. The van der Waals surface area contributed by atoms with Gasteiger partial charge in [0.05, 0.1) is 0 Å². The van der Waals surface area contributed by atoms with Gasteiger partial charge in [0.25, 0.3) is 0 Å². The van der Waals surface area contributed by atoms with Crippen LogP contribution in [0.25, 0.3) is 5.57 Å². The molecular weight excluding hydrogens is 573 g/mol. The summed E-state index contributed by atoms with van der Waals surface area (Å²) in [5.74, 6) is 0. The zero-order valence-corrected chi connectivity index (χ0v) is 27.2. The molecule has 0 amide bonds. The topological polar surface area (TPSA) is 15.3 Å². The van der Waals surface area contributed by atoms with Crippen molar-refractivity contribution in [3.05, 3.63) is 175 Å². The van der Waals surface area contributed by atoms with Crippen molar-refractivity contribution in [1.82, 2.24) is 0 Å². The Morgan fingerprint density at radius 3 is 1.54 bits per heavy atom. The fraction of sp³-hybridized carbons (Fsp3) is 0.116. The molecular formula is C43H38N2Si. The van der Waals surface area contributed by atoms with Crippen molar-refractivity contribution in [3.8, 4) is 0 Å². The van der Waals surface area contributed by atoms with E-state index in [4.69, 9.17) is 0 Å². The summed E-state index contributed by atoms with van der Waals surface area (Å²) in [6, 6.07) is 60.6. The SMILES string of the molecule is C[C@@]12CC=C(CC1)c1cc([Si](c3ccccc3)(c3ccccc3)c3ccc(N(c4ccccc4)c4ccccc4)cc3)ccc1N2. The van der Waals surface area contributed by atoms with E-state index in [-0.39, 0.29) is 5.54 Å². The molecule has 1 aliphatic carbocycles. The van der Waals surface area contributed by atoms with E-state index in [1.807, 2.05) is 0 Å². The Balaban J connectivity index is 1.35. The number of hydrogen-bond acceptors (Lipinski definition) is 2. The molecule has 6 aromatic rings. The first kappa shape index (κ1) is 28.4. The summed E-state index contributed by atoms with van der Waals surface area (Å²) < 4.78 is 0. The van der Waals surface area contributed by atoms with Crippen molar-refractivity contribution in [1.29, 1.82) is 0 Å². The van der Waals surface area contributed by atoms with Crippen LogP contribution < -0.4 is 31.0 Å². The third-order valence-corrected chi connectivity index (χ3v) is 14.8. The first-order valence-electron chi connectivity index (χ1n) is 16.4. The Kier molecular flexibility index (Phi) is 7.19. The Morgan fingerprint density at radius 1 is 0.543 bits per heavy atom. The predicted molar refractivity (Wildman–Crippen MR) is 199 cm³/mol. The van der Waals surface area contributed by atoms with Crippen LogP contribution in [-0.2, 0) is 0 Å². The van der Waals surface area contributed by atoms with Crippen molar-refractivity contribution in [2.45, 2.75) is 31.7 Å². The number of benzene rings is 6. The molecule has 1 N–H and O–H groups in total. The quantitative estimate of drug-likeness (QED) is 0.145. The first-order valence-corrected chi connectivity index (χ1v) is 18.4. The zero-order valence-electron chi connectivity index (χ0n) is 26.2. The van der Waals surface area contributed by atoms with E-state index in [1.54, 1.807) is 0 Å². The second-order valence-electron chi connectivity index (χ2n) is 12.9. The predicted octanol–water partition coefficient (Wildman–Crippen LogP) is 8.29. The van der Waals surface area contributed by atoms with Gasteiger partial charge in [-0.3, -0.25) is 0 Å². The molecule has 9 rings (SSSR count). The van der Waals surface area contributed by atoms with E-state index in [1.165, 1.54) is 44.0 Å². The van der Waals surface area contributed by atoms with Gasteiger partial charge < -0.3 is 10.2 Å². The fourth-order valence-corrected chi connectivity index (χ4v) is 12.4. The second-order valence-corrected chi connectivity index (χ2v) is 16.7. The number of nitrogens with one attached hydrogen (secondary N) is 1. The summed E-state index contributed by atoms with van der Waals surface area (Å²) >= 11 is 0. The van der Waals surface area contributed by atoms with Gasteiger partial charge in [0.1, 0.15) is 0 Å². The largest absolute Gasteiger partial charge is 0.379 e. The molecule has 6 aromatic carbocycles. The number of nitrogens with zero attached hydrogens (tertiary/aromatic N) is 1. The number of fused-ring (bicyclic) bond motifs is 2. The number of allylic oxidation sites excluding steroid dienone is 1. The van der Waals surface area contributed by atoms with E-state index >= 15 is 0 Å². The van der Waals surface area contributed by atoms with Crippen LogP contribution in [0.4, 0.5) is 22.7 Å². The fourth-order valence-electron chi connectivity index (χ4n) is 7.64. The molecule has 0 fully saturated rings. The monoisotopic (exact) mass is 610 g/mol. The van der Waals surface area contributed by atoms with Gasteiger partial charge in [-0.2, -0.15) is 0 Å². The van der Waals surface area contributed by atoms with Crippen LogP contribution >= 0.6 is 0 Å². The van der Waals surface area contributed by atoms with Crippen LogP contribution in [-0.4, -0.2) is 13.6 Å². The summed E-state index contributed by atoms with van der Waals surface area (Å²) in [6.45, 7) is 2.37. The Bertz CT molecular complexity index is 1910. The van der Waals surface area contributed by atoms with Crippen molar-refractivity contribution < 1.29 is 0 Å². The highest BCUT2D eigenvalue weighted by molar-refractivity contribution is 7.19. The zero-order chi connectivity index (χ0) is 31.0. The maximum absolute atomic E-state index is 3.93. The molecule has 0 radical (unpaired) electrons. The number of rotatable bonds is 7. The summed E-state index contributed by atoms with van der Waals surface area (Å²) in [7, 11) is -2.71. The van der Waals surface area contributed by atoms with E-state index in [0.717, 1.165) is 29.9 Å². The third-order valence-electron chi connectivity index (χ3n) is 9.98. The lowest BCUT2D eigenvalue weighted by Crippen LogP contribution is -2.74. The van der Waals surface area contributed by atoms with Gasteiger partial charge in [0.15, 0.2) is 8.07 Å². The Labute approximate surface area is 273 Å². The molecule has 0 aromatic heterocycles. The maximum atomic E-state index is 3.93. The van der Waals surface area contributed by atoms with Gasteiger partial charge in [-0.05, 0) is 95.0 Å². The van der Waals surface area contributed by atoms with Crippen LogP contribution in [0, 0.1) is 0 Å². The number of anilines is 4. The molecule has 2 aliphatic heterocycles. The summed E-state index contributed by atoms with van der Waals surface area (Å²) in [5.41, 5.74) is 7.69. The highest BCUT2D eigenvalue weighted by Gasteiger charge is 2.42. The first-order chi connectivity index (χ1) is 22.6. The molecule has 0 spiro atoms. The van der Waals surface area contributed by atoms with Crippen molar-refractivity contribution in [3.63, 3.8) is 0 Å². The van der Waals surface area contributed by atoms with Gasteiger partial charge in [-0.15, -0.1) is 0 Å². The van der Waals surface area contributed by atoms with Crippen LogP contribution in [0.15, 0.2) is 170 Å². The lowest BCUT2D eigenvalue weighted by atomic mass is 9.84. The Hall–Kier alpha value is -5.12. The number of hydrogen-bond donors (Lipinski definition) is 1. The smallest absolute Gasteiger partial charge is 0.179 e. The number of para-hydroxylation sites is 2. The van der Waals surface area contributed by atoms with Crippen LogP contribution in [0.1, 0.15) is 31.7 Å². The molecule has 3 aliphatic rings. The molecule has 1 atom stereocenters. The minimum absolute atomic E-state index is 0.128. The van der Waals surface area contributed by atoms with Crippen LogP contribution in [0.2, 0.25) is 0 Å². The highest BCUT2D eigenvalue weighted by atomic mass is 28.3. The molecule has 0 unspecified atom stereocenters. The maximum Gasteiger partial charge on any atom is 0.179 e. The van der Waals surface area contributed by atoms with Gasteiger partial charge in [0, 0.05) is 33.9 Å². The van der Waals surface area contributed by atoms with E-state index < -0.39 is 8.07 Å². The third kappa shape index (κ3) is 4.88. The molecule has 0 saturated carbocycles. The van der Waals surface area contributed by atoms with Crippen LogP contribution in [0.3, 0.4) is 0 Å². The minimum atomic E-state index is -2.71. The molecule has 46 heavy (non-hydrogen) atoms. The summed E-state index contributed by atoms with van der Waals surface area (Å²) in [4.78, 5) is 2.34. The summed E-state index contributed by atoms with van der Waals surface area (Å²) in [6.07, 6.45) is 5.85. The van der Waals surface area contributed by atoms with E-state index in [9.17, 15) is 0 Å². The van der Waals surface area contributed by atoms with Crippen molar-refractivity contribution >= 4 is 57.1 Å². The normalized spacial score (nSPS) is 16.9. The minimum Gasteiger partial charge on any atom is -0.379 e. The molecule has 3 heteroatoms. The van der Waals surface area contributed by atoms with Crippen LogP contribution in [0.5, 0.6) is 0 Å². The molecule has 0 saturated heterocycles. The van der Waals surface area contributed by atoms with Crippen molar-refractivity contribution in [2.75, 3.05) is 10.2 Å². The van der Waals surface area contributed by atoms with E-state index in [2.05, 4.69) is 187 Å². The molecule has 2 heterocycles. The van der Waals surface area contributed by atoms with E-state index in [0.29, 0.717) is 0 Å². The van der Waals surface area contributed by atoms with Crippen molar-refractivity contribution in [2.24, 2.45) is 0 Å². The van der Waals surface area contributed by atoms with Gasteiger partial charge >= 0.3 is 0 Å². The molecule has 2 bridgehead atoms. The average molecular weight is 611 g/mol. The van der Waals surface area contributed by atoms with Gasteiger partial charge in [0.2, 0.25) is 0 Å². The molecule has 224 valence electrons.